The molecular formula is C26H27ClN2O4S. The largest absolute Gasteiger partial charge is 0.496 e. The fourth-order valence-corrected chi connectivity index (χ4v) is 5.52. The zero-order chi connectivity index (χ0) is 24.1. The van der Waals surface area contributed by atoms with Gasteiger partial charge in [0.15, 0.2) is 11.5 Å². The minimum Gasteiger partial charge on any atom is -0.496 e. The molecule has 2 aromatic carbocycles. The number of benzene rings is 2. The average Bonchev–Trinajstić information content (AvgIpc) is 3.03. The maximum atomic E-state index is 13.4. The third-order valence-electron chi connectivity index (χ3n) is 5.77. The van der Waals surface area contributed by atoms with E-state index in [2.05, 4.69) is 5.32 Å². The molecule has 0 radical (unpaired) electrons. The van der Waals surface area contributed by atoms with Crippen molar-refractivity contribution >= 4 is 45.7 Å². The van der Waals surface area contributed by atoms with E-state index in [0.717, 1.165) is 43.2 Å². The van der Waals surface area contributed by atoms with Gasteiger partial charge in [0.05, 0.1) is 26.9 Å². The van der Waals surface area contributed by atoms with E-state index in [-0.39, 0.29) is 5.91 Å². The highest BCUT2D eigenvalue weighted by molar-refractivity contribution is 7.16. The lowest BCUT2D eigenvalue weighted by molar-refractivity contribution is 0.102. The number of methoxy groups -OCH3 is 3. The summed E-state index contributed by atoms with van der Waals surface area (Å²) in [6.45, 7) is 0. The van der Waals surface area contributed by atoms with Gasteiger partial charge in [-0.05, 0) is 55.5 Å². The molecule has 0 saturated heterocycles. The van der Waals surface area contributed by atoms with E-state index >= 15 is 0 Å². The number of thiophene rings is 1. The first-order valence-corrected chi connectivity index (χ1v) is 12.3. The van der Waals surface area contributed by atoms with Gasteiger partial charge in [0.2, 0.25) is 0 Å². The Balaban J connectivity index is 1.73. The van der Waals surface area contributed by atoms with Gasteiger partial charge in [0, 0.05) is 33.4 Å². The maximum absolute atomic E-state index is 13.4. The van der Waals surface area contributed by atoms with Crippen LogP contribution in [0, 0.1) is 0 Å². The third kappa shape index (κ3) is 5.21. The number of fused-ring (bicyclic) bond motifs is 1. The predicted octanol–water partition coefficient (Wildman–Crippen LogP) is 6.70. The molecule has 6 nitrogen and oxygen atoms in total. The van der Waals surface area contributed by atoms with Crippen LogP contribution in [-0.2, 0) is 12.8 Å². The van der Waals surface area contributed by atoms with Crippen molar-refractivity contribution in [2.75, 3.05) is 26.6 Å². The van der Waals surface area contributed by atoms with Gasteiger partial charge in [-0.25, -0.2) is 4.99 Å². The van der Waals surface area contributed by atoms with Crippen LogP contribution in [0.3, 0.4) is 0 Å². The van der Waals surface area contributed by atoms with Gasteiger partial charge >= 0.3 is 0 Å². The molecule has 1 amide bonds. The Bertz CT molecular complexity index is 1220. The second kappa shape index (κ2) is 10.9. The average molecular weight is 499 g/mol. The summed E-state index contributed by atoms with van der Waals surface area (Å²) in [5, 5.41) is 4.25. The lowest BCUT2D eigenvalue weighted by atomic mass is 10.0. The number of ether oxygens (including phenoxy) is 3. The van der Waals surface area contributed by atoms with Crippen molar-refractivity contribution in [2.45, 2.75) is 32.1 Å². The predicted molar refractivity (Wildman–Crippen MR) is 138 cm³/mol. The van der Waals surface area contributed by atoms with Crippen molar-refractivity contribution in [2.24, 2.45) is 4.99 Å². The Morgan fingerprint density at radius 3 is 2.47 bits per heavy atom. The van der Waals surface area contributed by atoms with Crippen LogP contribution in [0.25, 0.3) is 0 Å². The van der Waals surface area contributed by atoms with Crippen molar-refractivity contribution in [3.05, 3.63) is 63.0 Å². The van der Waals surface area contributed by atoms with Crippen LogP contribution >= 0.6 is 22.9 Å². The van der Waals surface area contributed by atoms with Gasteiger partial charge < -0.3 is 19.5 Å². The molecule has 3 aromatic rings. The summed E-state index contributed by atoms with van der Waals surface area (Å²) in [5.41, 5.74) is 3.12. The summed E-state index contributed by atoms with van der Waals surface area (Å²) in [6.07, 6.45) is 6.90. The number of aryl methyl sites for hydroxylation is 1. The molecule has 0 atom stereocenters. The van der Waals surface area contributed by atoms with Crippen LogP contribution in [0.2, 0.25) is 5.02 Å². The molecule has 8 heteroatoms. The molecule has 0 aliphatic heterocycles. The molecule has 0 spiro atoms. The Kier molecular flexibility index (Phi) is 7.75. The molecule has 34 heavy (non-hydrogen) atoms. The number of hydrogen-bond donors (Lipinski definition) is 1. The van der Waals surface area contributed by atoms with Gasteiger partial charge in [-0.15, -0.1) is 11.3 Å². The normalized spacial score (nSPS) is 13.3. The molecule has 1 heterocycles. The van der Waals surface area contributed by atoms with Crippen molar-refractivity contribution in [1.29, 1.82) is 0 Å². The summed E-state index contributed by atoms with van der Waals surface area (Å²) in [7, 11) is 4.75. The molecule has 0 unspecified atom stereocenters. The number of nitrogens with one attached hydrogen (secondary N) is 1. The van der Waals surface area contributed by atoms with Gasteiger partial charge in [-0.1, -0.05) is 24.1 Å². The van der Waals surface area contributed by atoms with Crippen molar-refractivity contribution < 1.29 is 19.0 Å². The first-order chi connectivity index (χ1) is 16.5. The molecule has 4 rings (SSSR count). The molecule has 1 N–H and O–H groups in total. The van der Waals surface area contributed by atoms with E-state index in [4.69, 9.17) is 30.8 Å². The molecule has 0 fully saturated rings. The Morgan fingerprint density at radius 2 is 1.74 bits per heavy atom. The minimum atomic E-state index is -0.173. The number of rotatable bonds is 7. The molecule has 0 bridgehead atoms. The van der Waals surface area contributed by atoms with Gasteiger partial charge in [-0.2, -0.15) is 0 Å². The summed E-state index contributed by atoms with van der Waals surface area (Å²) >= 11 is 7.70. The summed E-state index contributed by atoms with van der Waals surface area (Å²) in [6, 6.07) is 10.7. The second-order valence-electron chi connectivity index (χ2n) is 7.92. The lowest BCUT2D eigenvalue weighted by Crippen LogP contribution is -2.13. The lowest BCUT2D eigenvalue weighted by Gasteiger charge is -2.12. The number of anilines is 1. The van der Waals surface area contributed by atoms with Crippen LogP contribution in [0.4, 0.5) is 10.7 Å². The molecule has 178 valence electrons. The highest BCUT2D eigenvalue weighted by atomic mass is 35.5. The number of halogens is 1. The van der Waals surface area contributed by atoms with E-state index in [0.29, 0.717) is 38.5 Å². The number of carbonyl (C=O) groups is 1. The van der Waals surface area contributed by atoms with E-state index in [1.165, 1.54) is 4.88 Å². The molecule has 1 aromatic heterocycles. The molecule has 0 saturated carbocycles. The topological polar surface area (TPSA) is 69.1 Å². The number of aliphatic imine (C=N–C) groups is 1. The van der Waals surface area contributed by atoms with E-state index in [1.807, 2.05) is 18.2 Å². The van der Waals surface area contributed by atoms with E-state index in [9.17, 15) is 4.79 Å². The zero-order valence-corrected chi connectivity index (χ0v) is 21.0. The summed E-state index contributed by atoms with van der Waals surface area (Å²) in [4.78, 5) is 19.4. The zero-order valence-electron chi connectivity index (χ0n) is 19.4. The van der Waals surface area contributed by atoms with E-state index in [1.54, 1.807) is 57.1 Å². The Labute approximate surface area is 208 Å². The third-order valence-corrected chi connectivity index (χ3v) is 7.20. The van der Waals surface area contributed by atoms with Crippen LogP contribution < -0.4 is 19.5 Å². The smallest absolute Gasteiger partial charge is 0.259 e. The highest BCUT2D eigenvalue weighted by Gasteiger charge is 2.25. The Morgan fingerprint density at radius 1 is 1.00 bits per heavy atom. The number of carbonyl (C=O) groups excluding carboxylic acids is 1. The first-order valence-electron chi connectivity index (χ1n) is 11.1. The SMILES string of the molecule is COc1cc(OC)c(OC)cc1/C=N/c1sc2c(c1C(=O)Nc1cccc(Cl)c1)CCCCC2. The van der Waals surface area contributed by atoms with Crippen LogP contribution in [0.15, 0.2) is 41.4 Å². The number of hydrogen-bond acceptors (Lipinski definition) is 6. The van der Waals surface area contributed by atoms with Gasteiger partial charge in [0.1, 0.15) is 10.8 Å². The second-order valence-corrected chi connectivity index (χ2v) is 9.44. The standard InChI is InChI=1S/C26H27ClN2O4S/c1-31-20-14-22(33-3)21(32-2)12-16(20)15-28-26-24(19-10-5-4-6-11-23(19)34-26)25(30)29-18-9-7-8-17(27)13-18/h7-9,12-15H,4-6,10-11H2,1-3H3,(H,29,30)/b28-15+. The highest BCUT2D eigenvalue weighted by Crippen LogP contribution is 2.40. The minimum absolute atomic E-state index is 0.173. The fourth-order valence-electron chi connectivity index (χ4n) is 4.10. The maximum Gasteiger partial charge on any atom is 0.259 e. The Hall–Kier alpha value is -3.03. The van der Waals surface area contributed by atoms with Crippen molar-refractivity contribution in [1.82, 2.24) is 0 Å². The van der Waals surface area contributed by atoms with Gasteiger partial charge in [-0.3, -0.25) is 4.79 Å². The monoisotopic (exact) mass is 498 g/mol. The van der Waals surface area contributed by atoms with Crippen molar-refractivity contribution in [3.8, 4) is 17.2 Å². The number of nitrogens with zero attached hydrogens (tertiary/aromatic N) is 1. The summed E-state index contributed by atoms with van der Waals surface area (Å²) in [5.74, 6) is 1.57. The van der Waals surface area contributed by atoms with Crippen molar-refractivity contribution in [3.63, 3.8) is 0 Å². The molecule has 1 aliphatic carbocycles. The fraction of sp³-hybridized carbons (Fsp3) is 0.308. The molecular weight excluding hydrogens is 472 g/mol. The van der Waals surface area contributed by atoms with Crippen LogP contribution in [-0.4, -0.2) is 33.5 Å². The summed E-state index contributed by atoms with van der Waals surface area (Å²) < 4.78 is 16.3. The molecule has 1 aliphatic rings. The van der Waals surface area contributed by atoms with Crippen LogP contribution in [0.1, 0.15) is 45.6 Å². The number of amides is 1. The van der Waals surface area contributed by atoms with E-state index < -0.39 is 0 Å². The van der Waals surface area contributed by atoms with Crippen LogP contribution in [0.5, 0.6) is 17.2 Å². The quantitative estimate of drug-likeness (QED) is 0.290. The first kappa shape index (κ1) is 24.1. The van der Waals surface area contributed by atoms with Gasteiger partial charge in [0.25, 0.3) is 5.91 Å².